The second-order valence-corrected chi connectivity index (χ2v) is 3.10. The SMILES string of the molecule is COC(=O)C=C(CC(C)C)C(=O)O. The number of methoxy groups -OCH3 is 1. The van der Waals surface area contributed by atoms with Gasteiger partial charge in [0.05, 0.1) is 7.11 Å². The number of esters is 1. The van der Waals surface area contributed by atoms with Crippen molar-refractivity contribution in [3.05, 3.63) is 11.6 Å². The van der Waals surface area contributed by atoms with Crippen LogP contribution in [0, 0.1) is 5.92 Å². The van der Waals surface area contributed by atoms with Gasteiger partial charge in [-0.1, -0.05) is 13.8 Å². The summed E-state index contributed by atoms with van der Waals surface area (Å²) in [5.74, 6) is -1.50. The zero-order valence-corrected chi connectivity index (χ0v) is 8.03. The summed E-state index contributed by atoms with van der Waals surface area (Å²) in [6, 6.07) is 0. The van der Waals surface area contributed by atoms with E-state index in [2.05, 4.69) is 4.74 Å². The van der Waals surface area contributed by atoms with Crippen LogP contribution in [0.2, 0.25) is 0 Å². The number of hydrogen-bond donors (Lipinski definition) is 1. The third-order valence-corrected chi connectivity index (χ3v) is 1.40. The first kappa shape index (κ1) is 11.7. The van der Waals surface area contributed by atoms with Gasteiger partial charge >= 0.3 is 11.9 Å². The summed E-state index contributed by atoms with van der Waals surface area (Å²) in [6.07, 6.45) is 1.38. The van der Waals surface area contributed by atoms with Crippen LogP contribution in [-0.2, 0) is 14.3 Å². The predicted molar refractivity (Wildman–Crippen MR) is 47.2 cm³/mol. The van der Waals surface area contributed by atoms with E-state index >= 15 is 0 Å². The number of carboxylic acid groups (broad SMARTS) is 1. The van der Waals surface area contributed by atoms with Gasteiger partial charge in [0.1, 0.15) is 0 Å². The van der Waals surface area contributed by atoms with E-state index in [9.17, 15) is 9.59 Å². The van der Waals surface area contributed by atoms with E-state index in [1.165, 1.54) is 7.11 Å². The summed E-state index contributed by atoms with van der Waals surface area (Å²) in [6.45, 7) is 3.77. The first-order valence-electron chi connectivity index (χ1n) is 3.99. The van der Waals surface area contributed by atoms with Crippen molar-refractivity contribution in [1.29, 1.82) is 0 Å². The molecule has 0 atom stereocenters. The fourth-order valence-corrected chi connectivity index (χ4v) is 0.849. The third-order valence-electron chi connectivity index (χ3n) is 1.40. The van der Waals surface area contributed by atoms with Crippen molar-refractivity contribution >= 4 is 11.9 Å². The fourth-order valence-electron chi connectivity index (χ4n) is 0.849. The molecule has 0 heterocycles. The molecule has 1 N–H and O–H groups in total. The highest BCUT2D eigenvalue weighted by molar-refractivity contribution is 5.95. The van der Waals surface area contributed by atoms with E-state index in [0.717, 1.165) is 6.08 Å². The molecule has 0 amide bonds. The third kappa shape index (κ3) is 5.00. The minimum Gasteiger partial charge on any atom is -0.478 e. The average Bonchev–Trinajstić information content (AvgIpc) is 2.02. The van der Waals surface area contributed by atoms with Crippen LogP contribution >= 0.6 is 0 Å². The Morgan fingerprint density at radius 3 is 2.31 bits per heavy atom. The zero-order valence-electron chi connectivity index (χ0n) is 8.03. The lowest BCUT2D eigenvalue weighted by atomic mass is 10.0. The first-order chi connectivity index (χ1) is 5.97. The van der Waals surface area contributed by atoms with Crippen LogP contribution in [-0.4, -0.2) is 24.2 Å². The number of hydrogen-bond acceptors (Lipinski definition) is 3. The highest BCUT2D eigenvalue weighted by atomic mass is 16.5. The van der Waals surface area contributed by atoms with Gasteiger partial charge in [-0.15, -0.1) is 0 Å². The van der Waals surface area contributed by atoms with E-state index < -0.39 is 11.9 Å². The summed E-state index contributed by atoms with van der Waals surface area (Å²) in [4.78, 5) is 21.4. The molecular formula is C9H14O4. The van der Waals surface area contributed by atoms with Crippen molar-refractivity contribution in [1.82, 2.24) is 0 Å². The van der Waals surface area contributed by atoms with Crippen molar-refractivity contribution in [2.24, 2.45) is 5.92 Å². The van der Waals surface area contributed by atoms with Gasteiger partial charge in [-0.05, 0) is 12.3 Å². The second-order valence-electron chi connectivity index (χ2n) is 3.10. The normalized spacial score (nSPS) is 11.5. The molecule has 4 nitrogen and oxygen atoms in total. The van der Waals surface area contributed by atoms with E-state index in [-0.39, 0.29) is 11.5 Å². The molecule has 0 aliphatic carbocycles. The predicted octanol–water partition coefficient (Wildman–Crippen LogP) is 1.22. The fraction of sp³-hybridized carbons (Fsp3) is 0.556. The van der Waals surface area contributed by atoms with Crippen molar-refractivity contribution in [3.8, 4) is 0 Å². The van der Waals surface area contributed by atoms with Gasteiger partial charge in [0.25, 0.3) is 0 Å². The van der Waals surface area contributed by atoms with Crippen molar-refractivity contribution in [2.45, 2.75) is 20.3 Å². The average molecular weight is 186 g/mol. The molecule has 74 valence electrons. The van der Waals surface area contributed by atoms with Gasteiger partial charge in [0, 0.05) is 11.6 Å². The lowest BCUT2D eigenvalue weighted by Gasteiger charge is -2.04. The van der Waals surface area contributed by atoms with E-state index in [4.69, 9.17) is 5.11 Å². The minimum atomic E-state index is -1.07. The number of rotatable bonds is 4. The van der Waals surface area contributed by atoms with E-state index in [1.807, 2.05) is 13.8 Å². The molecule has 0 fully saturated rings. The number of carbonyl (C=O) groups is 2. The monoisotopic (exact) mass is 186 g/mol. The van der Waals surface area contributed by atoms with Crippen molar-refractivity contribution < 1.29 is 19.4 Å². The van der Waals surface area contributed by atoms with Crippen LogP contribution in [0.15, 0.2) is 11.6 Å². The van der Waals surface area contributed by atoms with Crippen LogP contribution in [0.3, 0.4) is 0 Å². The lowest BCUT2D eigenvalue weighted by Crippen LogP contribution is -2.07. The van der Waals surface area contributed by atoms with Crippen molar-refractivity contribution in [3.63, 3.8) is 0 Å². The standard InChI is InChI=1S/C9H14O4/c1-6(2)4-7(9(11)12)5-8(10)13-3/h5-6H,4H2,1-3H3,(H,11,12). The topological polar surface area (TPSA) is 63.6 Å². The Morgan fingerprint density at radius 2 is 2.00 bits per heavy atom. The molecule has 0 saturated carbocycles. The Balaban J connectivity index is 4.50. The molecule has 4 heteroatoms. The van der Waals surface area contributed by atoms with Gasteiger partial charge in [0.15, 0.2) is 0 Å². The lowest BCUT2D eigenvalue weighted by molar-refractivity contribution is -0.137. The van der Waals surface area contributed by atoms with Gasteiger partial charge in [-0.2, -0.15) is 0 Å². The van der Waals surface area contributed by atoms with Crippen LogP contribution in [0.1, 0.15) is 20.3 Å². The highest BCUT2D eigenvalue weighted by Gasteiger charge is 2.11. The molecule has 13 heavy (non-hydrogen) atoms. The molecule has 0 unspecified atom stereocenters. The Kier molecular flexibility index (Phi) is 4.80. The van der Waals surface area contributed by atoms with Crippen LogP contribution in [0.25, 0.3) is 0 Å². The number of carboxylic acids is 1. The molecule has 0 rings (SSSR count). The Morgan fingerprint density at radius 1 is 1.46 bits per heavy atom. The maximum atomic E-state index is 10.7. The Hall–Kier alpha value is -1.32. The molecule has 0 bridgehead atoms. The highest BCUT2D eigenvalue weighted by Crippen LogP contribution is 2.10. The smallest absolute Gasteiger partial charge is 0.331 e. The molecular weight excluding hydrogens is 172 g/mol. The van der Waals surface area contributed by atoms with Crippen LogP contribution < -0.4 is 0 Å². The molecule has 0 spiro atoms. The van der Waals surface area contributed by atoms with Crippen molar-refractivity contribution in [2.75, 3.05) is 7.11 Å². The Labute approximate surface area is 77.2 Å². The largest absolute Gasteiger partial charge is 0.478 e. The quantitative estimate of drug-likeness (QED) is 0.529. The van der Waals surface area contributed by atoms with Crippen LogP contribution in [0.4, 0.5) is 0 Å². The maximum absolute atomic E-state index is 10.7. The summed E-state index contributed by atoms with van der Waals surface area (Å²) < 4.78 is 4.33. The van der Waals surface area contributed by atoms with Gasteiger partial charge < -0.3 is 9.84 Å². The second kappa shape index (κ2) is 5.35. The molecule has 0 aromatic heterocycles. The van der Waals surface area contributed by atoms with E-state index in [1.54, 1.807) is 0 Å². The van der Waals surface area contributed by atoms with Gasteiger partial charge in [-0.25, -0.2) is 9.59 Å². The number of aliphatic carboxylic acids is 1. The number of ether oxygens (including phenoxy) is 1. The zero-order chi connectivity index (χ0) is 10.4. The summed E-state index contributed by atoms with van der Waals surface area (Å²) >= 11 is 0. The summed E-state index contributed by atoms with van der Waals surface area (Å²) in [5.41, 5.74) is 0.0850. The van der Waals surface area contributed by atoms with Gasteiger partial charge in [-0.3, -0.25) is 0 Å². The molecule has 0 saturated heterocycles. The molecule has 0 radical (unpaired) electrons. The number of carbonyl (C=O) groups excluding carboxylic acids is 1. The molecule has 0 aliphatic rings. The van der Waals surface area contributed by atoms with Crippen LogP contribution in [0.5, 0.6) is 0 Å². The summed E-state index contributed by atoms with van der Waals surface area (Å²) in [7, 11) is 1.22. The first-order valence-corrected chi connectivity index (χ1v) is 3.99. The summed E-state index contributed by atoms with van der Waals surface area (Å²) in [5, 5.41) is 8.69. The molecule has 0 aromatic rings. The molecule has 0 aromatic carbocycles. The van der Waals surface area contributed by atoms with E-state index in [0.29, 0.717) is 6.42 Å². The minimum absolute atomic E-state index is 0.0850. The maximum Gasteiger partial charge on any atom is 0.331 e. The van der Waals surface area contributed by atoms with Gasteiger partial charge in [0.2, 0.25) is 0 Å². The molecule has 0 aliphatic heterocycles. The Bertz CT molecular complexity index is 228.